The van der Waals surface area contributed by atoms with Gasteiger partial charge in [-0.2, -0.15) is 0 Å². The normalized spacial score (nSPS) is 23.8. The van der Waals surface area contributed by atoms with Gasteiger partial charge < -0.3 is 19.5 Å². The van der Waals surface area contributed by atoms with E-state index in [4.69, 9.17) is 0 Å². The van der Waals surface area contributed by atoms with Crippen LogP contribution < -0.4 is 0 Å². The van der Waals surface area contributed by atoms with Gasteiger partial charge in [0.05, 0.1) is 6.04 Å². The van der Waals surface area contributed by atoms with E-state index < -0.39 is 5.60 Å². The van der Waals surface area contributed by atoms with Crippen LogP contribution >= 0.6 is 0 Å². The maximum atomic E-state index is 12.6. The molecule has 0 aliphatic carbocycles. The SMILES string of the molecule is CN(C)[C@@H]1CN(C(=O)CCn2cnnc2)CC[C@]1(O)c1ccccc1. The summed E-state index contributed by atoms with van der Waals surface area (Å²) in [6.45, 7) is 1.63. The first-order chi connectivity index (χ1) is 12.0. The van der Waals surface area contributed by atoms with Crippen molar-refractivity contribution in [3.63, 3.8) is 0 Å². The first-order valence-corrected chi connectivity index (χ1v) is 8.55. The second-order valence-corrected chi connectivity index (χ2v) is 6.81. The second kappa shape index (κ2) is 7.33. The number of aryl methyl sites for hydroxylation is 1. The summed E-state index contributed by atoms with van der Waals surface area (Å²) in [6, 6.07) is 9.59. The quantitative estimate of drug-likeness (QED) is 0.866. The van der Waals surface area contributed by atoms with E-state index in [2.05, 4.69) is 10.2 Å². The number of aliphatic hydroxyl groups is 1. The van der Waals surface area contributed by atoms with Gasteiger partial charge in [0.15, 0.2) is 0 Å². The van der Waals surface area contributed by atoms with Crippen LogP contribution in [0.15, 0.2) is 43.0 Å². The number of rotatable bonds is 5. The number of likely N-dealkylation sites (tertiary alicyclic amines) is 1. The molecule has 2 heterocycles. The Labute approximate surface area is 147 Å². The number of benzene rings is 1. The van der Waals surface area contributed by atoms with Crippen molar-refractivity contribution in [2.75, 3.05) is 27.2 Å². The first-order valence-electron chi connectivity index (χ1n) is 8.55. The van der Waals surface area contributed by atoms with Crippen molar-refractivity contribution in [2.24, 2.45) is 0 Å². The van der Waals surface area contributed by atoms with Gasteiger partial charge in [-0.15, -0.1) is 10.2 Å². The molecular weight excluding hydrogens is 318 g/mol. The van der Waals surface area contributed by atoms with E-state index in [1.165, 1.54) is 0 Å². The molecule has 0 spiro atoms. The van der Waals surface area contributed by atoms with Crippen molar-refractivity contribution < 1.29 is 9.90 Å². The molecular formula is C18H25N5O2. The van der Waals surface area contributed by atoms with Crippen LogP contribution in [0.1, 0.15) is 18.4 Å². The Morgan fingerprint density at radius 2 is 1.96 bits per heavy atom. The van der Waals surface area contributed by atoms with E-state index in [0.717, 1.165) is 5.56 Å². The largest absolute Gasteiger partial charge is 0.383 e. The summed E-state index contributed by atoms with van der Waals surface area (Å²) in [5.41, 5.74) is -0.0409. The molecule has 0 radical (unpaired) electrons. The van der Waals surface area contributed by atoms with Crippen molar-refractivity contribution >= 4 is 5.91 Å². The second-order valence-electron chi connectivity index (χ2n) is 6.81. The monoisotopic (exact) mass is 343 g/mol. The summed E-state index contributed by atoms with van der Waals surface area (Å²) in [4.78, 5) is 16.4. The lowest BCUT2D eigenvalue weighted by Crippen LogP contribution is -2.60. The van der Waals surface area contributed by atoms with Gasteiger partial charge in [-0.1, -0.05) is 30.3 Å². The topological polar surface area (TPSA) is 74.5 Å². The molecule has 0 saturated carbocycles. The molecule has 1 aromatic carbocycles. The molecule has 2 aromatic rings. The molecule has 1 saturated heterocycles. The zero-order valence-electron chi connectivity index (χ0n) is 14.7. The highest BCUT2D eigenvalue weighted by Crippen LogP contribution is 2.35. The number of amides is 1. The van der Waals surface area contributed by atoms with E-state index in [0.29, 0.717) is 32.5 Å². The van der Waals surface area contributed by atoms with Crippen LogP contribution in [0.4, 0.5) is 0 Å². The Bertz CT molecular complexity index is 689. The molecule has 2 atom stereocenters. The Balaban J connectivity index is 1.70. The average molecular weight is 343 g/mol. The third kappa shape index (κ3) is 3.72. The van der Waals surface area contributed by atoms with Crippen molar-refractivity contribution in [3.05, 3.63) is 48.5 Å². The van der Waals surface area contributed by atoms with Crippen LogP contribution in [0.25, 0.3) is 0 Å². The van der Waals surface area contributed by atoms with E-state index >= 15 is 0 Å². The average Bonchev–Trinajstić information content (AvgIpc) is 3.14. The van der Waals surface area contributed by atoms with Gasteiger partial charge in [-0.05, 0) is 26.1 Å². The minimum Gasteiger partial charge on any atom is -0.383 e. The van der Waals surface area contributed by atoms with Crippen molar-refractivity contribution in [1.29, 1.82) is 0 Å². The predicted octanol–water partition coefficient (Wildman–Crippen LogP) is 0.719. The maximum absolute atomic E-state index is 12.6. The minimum absolute atomic E-state index is 0.0932. The standard InChI is InChI=1S/C18H25N5O2/c1-21(2)16-12-23(17(24)8-10-22-13-19-20-14-22)11-9-18(16,25)15-6-4-3-5-7-15/h3-7,13-14,16,25H,8-12H2,1-2H3/t16-,18+/m1/s1. The van der Waals surface area contributed by atoms with Crippen molar-refractivity contribution in [2.45, 2.75) is 31.0 Å². The first kappa shape index (κ1) is 17.6. The molecule has 1 N–H and O–H groups in total. The Kier molecular flexibility index (Phi) is 5.15. The van der Waals surface area contributed by atoms with E-state index in [-0.39, 0.29) is 11.9 Å². The molecule has 134 valence electrons. The number of carbonyl (C=O) groups is 1. The van der Waals surface area contributed by atoms with Crippen LogP contribution in [0, 0.1) is 0 Å². The summed E-state index contributed by atoms with van der Waals surface area (Å²) < 4.78 is 1.80. The fourth-order valence-electron chi connectivity index (χ4n) is 3.52. The summed E-state index contributed by atoms with van der Waals surface area (Å²) in [6.07, 6.45) is 4.15. The Hall–Kier alpha value is -2.25. The van der Waals surface area contributed by atoms with Crippen LogP contribution in [0.3, 0.4) is 0 Å². The van der Waals surface area contributed by atoms with Crippen LogP contribution in [-0.4, -0.2) is 68.8 Å². The molecule has 0 bridgehead atoms. The number of piperidine rings is 1. The summed E-state index contributed by atoms with van der Waals surface area (Å²) >= 11 is 0. The molecule has 25 heavy (non-hydrogen) atoms. The number of aromatic nitrogens is 3. The van der Waals surface area contributed by atoms with Gasteiger partial charge in [-0.25, -0.2) is 0 Å². The van der Waals surface area contributed by atoms with Crippen molar-refractivity contribution in [1.82, 2.24) is 24.6 Å². The highest BCUT2D eigenvalue weighted by atomic mass is 16.3. The molecule has 7 heteroatoms. The highest BCUT2D eigenvalue weighted by Gasteiger charge is 2.44. The fraction of sp³-hybridized carbons (Fsp3) is 0.500. The third-order valence-electron chi connectivity index (χ3n) is 5.01. The number of hydrogen-bond acceptors (Lipinski definition) is 5. The van der Waals surface area contributed by atoms with E-state index in [1.54, 1.807) is 17.2 Å². The van der Waals surface area contributed by atoms with E-state index in [9.17, 15) is 9.90 Å². The van der Waals surface area contributed by atoms with E-state index in [1.807, 2.05) is 54.2 Å². The molecule has 7 nitrogen and oxygen atoms in total. The molecule has 0 unspecified atom stereocenters. The lowest BCUT2D eigenvalue weighted by Gasteiger charge is -2.47. The zero-order chi connectivity index (χ0) is 17.9. The molecule has 1 aliphatic rings. The Morgan fingerprint density at radius 1 is 1.28 bits per heavy atom. The summed E-state index contributed by atoms with van der Waals surface area (Å²) in [5.74, 6) is 0.0932. The number of nitrogens with zero attached hydrogens (tertiary/aromatic N) is 5. The molecule has 3 rings (SSSR count). The van der Waals surface area contributed by atoms with Crippen LogP contribution in [0.5, 0.6) is 0 Å². The van der Waals surface area contributed by atoms with Gasteiger partial charge >= 0.3 is 0 Å². The lowest BCUT2D eigenvalue weighted by molar-refractivity contribution is -0.142. The minimum atomic E-state index is -0.949. The third-order valence-corrected chi connectivity index (χ3v) is 5.01. The van der Waals surface area contributed by atoms with Crippen LogP contribution in [0.2, 0.25) is 0 Å². The highest BCUT2D eigenvalue weighted by molar-refractivity contribution is 5.76. The number of carbonyl (C=O) groups excluding carboxylic acids is 1. The summed E-state index contributed by atoms with van der Waals surface area (Å²) in [7, 11) is 3.90. The fourth-order valence-corrected chi connectivity index (χ4v) is 3.52. The smallest absolute Gasteiger partial charge is 0.224 e. The van der Waals surface area contributed by atoms with Crippen molar-refractivity contribution in [3.8, 4) is 0 Å². The summed E-state index contributed by atoms with van der Waals surface area (Å²) in [5, 5.41) is 18.8. The van der Waals surface area contributed by atoms with Gasteiger partial charge in [0, 0.05) is 26.1 Å². The predicted molar refractivity (Wildman–Crippen MR) is 93.6 cm³/mol. The lowest BCUT2D eigenvalue weighted by atomic mass is 9.79. The zero-order valence-corrected chi connectivity index (χ0v) is 14.7. The number of hydrogen-bond donors (Lipinski definition) is 1. The molecule has 1 fully saturated rings. The molecule has 1 aromatic heterocycles. The molecule has 1 aliphatic heterocycles. The Morgan fingerprint density at radius 3 is 2.60 bits per heavy atom. The maximum Gasteiger partial charge on any atom is 0.224 e. The number of likely N-dealkylation sites (N-methyl/N-ethyl adjacent to an activating group) is 1. The van der Waals surface area contributed by atoms with Gasteiger partial charge in [-0.3, -0.25) is 4.79 Å². The van der Waals surface area contributed by atoms with Gasteiger partial charge in [0.2, 0.25) is 5.91 Å². The van der Waals surface area contributed by atoms with Crippen LogP contribution in [-0.2, 0) is 16.9 Å². The van der Waals surface area contributed by atoms with Gasteiger partial charge in [0.25, 0.3) is 0 Å². The van der Waals surface area contributed by atoms with Gasteiger partial charge in [0.1, 0.15) is 18.3 Å². The molecule has 1 amide bonds.